The first-order valence-electron chi connectivity index (χ1n) is 9.49. The predicted octanol–water partition coefficient (Wildman–Crippen LogP) is 2.71. The van der Waals surface area contributed by atoms with Gasteiger partial charge in [-0.3, -0.25) is 18.7 Å². The molecule has 1 N–H and O–H groups in total. The highest BCUT2D eigenvalue weighted by atomic mass is 32.2. The second-order valence-corrected chi connectivity index (χ2v) is 7.81. The van der Waals surface area contributed by atoms with Crippen LogP contribution in [0.25, 0.3) is 11.0 Å². The summed E-state index contributed by atoms with van der Waals surface area (Å²) in [6.07, 6.45) is 4.42. The minimum atomic E-state index is -0.422. The molecule has 0 atom stereocenters. The molecule has 8 heteroatoms. The normalized spacial score (nSPS) is 11.0. The van der Waals surface area contributed by atoms with Gasteiger partial charge in [-0.2, -0.15) is 0 Å². The number of amides is 1. The zero-order chi connectivity index (χ0) is 21.0. The van der Waals surface area contributed by atoms with Gasteiger partial charge in [-0.25, -0.2) is 9.78 Å². The minimum absolute atomic E-state index is 0.152. The number of thioether (sulfide) groups is 1. The van der Waals surface area contributed by atoms with Gasteiger partial charge in [0.1, 0.15) is 5.65 Å². The van der Waals surface area contributed by atoms with E-state index in [9.17, 15) is 14.4 Å². The van der Waals surface area contributed by atoms with E-state index in [1.54, 1.807) is 13.2 Å². The number of para-hydroxylation sites is 1. The van der Waals surface area contributed by atoms with Crippen LogP contribution in [0.15, 0.2) is 51.0 Å². The average molecular weight is 413 g/mol. The zero-order valence-electron chi connectivity index (χ0n) is 16.8. The van der Waals surface area contributed by atoms with E-state index in [1.165, 1.54) is 23.4 Å². The van der Waals surface area contributed by atoms with Gasteiger partial charge >= 0.3 is 5.69 Å². The van der Waals surface area contributed by atoms with Gasteiger partial charge in [-0.15, -0.1) is 11.8 Å². The lowest BCUT2D eigenvalue weighted by Crippen LogP contribution is -2.37. The van der Waals surface area contributed by atoms with Crippen LogP contribution in [0.5, 0.6) is 0 Å². The van der Waals surface area contributed by atoms with Gasteiger partial charge in [-0.05, 0) is 30.5 Å². The molecule has 0 saturated carbocycles. The topological polar surface area (TPSA) is 86.0 Å². The Morgan fingerprint density at radius 2 is 1.86 bits per heavy atom. The van der Waals surface area contributed by atoms with Crippen LogP contribution in [-0.2, 0) is 25.3 Å². The van der Waals surface area contributed by atoms with E-state index in [1.807, 2.05) is 30.3 Å². The smallest absolute Gasteiger partial charge is 0.325 e. The summed E-state index contributed by atoms with van der Waals surface area (Å²) in [6, 6.07) is 9.23. The number of pyridine rings is 1. The van der Waals surface area contributed by atoms with Gasteiger partial charge in [-0.1, -0.05) is 31.5 Å². The van der Waals surface area contributed by atoms with E-state index in [-0.39, 0.29) is 17.2 Å². The molecule has 0 aliphatic heterocycles. The standard InChI is InChI=1S/C21H24N4O3S/c1-4-5-9-14-12-22-19-17(20(27)25(3)21(28)24(19)2)18(14)29-13-16(26)23-15-10-7-6-8-11-15/h6-8,10-12H,4-5,9,13H2,1-3H3,(H,23,26). The maximum absolute atomic E-state index is 12.9. The van der Waals surface area contributed by atoms with Gasteiger partial charge < -0.3 is 5.32 Å². The van der Waals surface area contributed by atoms with Crippen LogP contribution in [0.1, 0.15) is 25.3 Å². The zero-order valence-corrected chi connectivity index (χ0v) is 17.6. The van der Waals surface area contributed by atoms with Crippen molar-refractivity contribution in [2.24, 2.45) is 14.1 Å². The summed E-state index contributed by atoms with van der Waals surface area (Å²) in [4.78, 5) is 42.7. The highest BCUT2D eigenvalue weighted by Crippen LogP contribution is 2.29. The van der Waals surface area contributed by atoms with Crippen molar-refractivity contribution in [2.75, 3.05) is 11.1 Å². The number of hydrogen-bond acceptors (Lipinski definition) is 5. The molecule has 0 aliphatic carbocycles. The molecule has 2 aromatic heterocycles. The van der Waals surface area contributed by atoms with Crippen LogP contribution in [0.3, 0.4) is 0 Å². The Hall–Kier alpha value is -2.87. The molecule has 3 aromatic rings. The second-order valence-electron chi connectivity index (χ2n) is 6.82. The summed E-state index contributed by atoms with van der Waals surface area (Å²) in [5.74, 6) is -0.00619. The molecule has 7 nitrogen and oxygen atoms in total. The quantitative estimate of drug-likeness (QED) is 0.603. The molecular weight excluding hydrogens is 388 g/mol. The van der Waals surface area contributed by atoms with E-state index in [0.29, 0.717) is 11.0 Å². The third kappa shape index (κ3) is 4.42. The van der Waals surface area contributed by atoms with Gasteiger partial charge in [0, 0.05) is 30.9 Å². The van der Waals surface area contributed by atoms with Crippen molar-refractivity contribution in [3.8, 4) is 0 Å². The number of anilines is 1. The Kier molecular flexibility index (Phi) is 6.53. The Morgan fingerprint density at radius 3 is 2.55 bits per heavy atom. The molecule has 0 spiro atoms. The largest absolute Gasteiger partial charge is 0.332 e. The van der Waals surface area contributed by atoms with Crippen LogP contribution in [0, 0.1) is 0 Å². The monoisotopic (exact) mass is 412 g/mol. The number of aryl methyl sites for hydroxylation is 2. The Morgan fingerprint density at radius 1 is 1.14 bits per heavy atom. The van der Waals surface area contributed by atoms with E-state index < -0.39 is 5.69 Å². The van der Waals surface area contributed by atoms with Gasteiger partial charge in [0.15, 0.2) is 0 Å². The van der Waals surface area contributed by atoms with Crippen molar-refractivity contribution in [1.29, 1.82) is 0 Å². The molecule has 0 unspecified atom stereocenters. The van der Waals surface area contributed by atoms with Crippen LogP contribution in [-0.4, -0.2) is 25.8 Å². The predicted molar refractivity (Wildman–Crippen MR) is 117 cm³/mol. The maximum atomic E-state index is 12.9. The fraction of sp³-hybridized carbons (Fsp3) is 0.333. The van der Waals surface area contributed by atoms with Gasteiger partial charge in [0.2, 0.25) is 5.91 Å². The molecule has 0 radical (unpaired) electrons. The Bertz CT molecular complexity index is 1150. The summed E-state index contributed by atoms with van der Waals surface area (Å²) in [5.41, 5.74) is 1.17. The highest BCUT2D eigenvalue weighted by molar-refractivity contribution is 8.00. The molecule has 1 amide bonds. The van der Waals surface area contributed by atoms with Crippen molar-refractivity contribution < 1.29 is 4.79 Å². The number of fused-ring (bicyclic) bond motifs is 1. The molecule has 0 saturated heterocycles. The lowest BCUT2D eigenvalue weighted by molar-refractivity contribution is -0.113. The summed E-state index contributed by atoms with van der Waals surface area (Å²) in [7, 11) is 3.05. The average Bonchev–Trinajstić information content (AvgIpc) is 2.73. The van der Waals surface area contributed by atoms with E-state index in [2.05, 4.69) is 17.2 Å². The van der Waals surface area contributed by atoms with E-state index in [0.717, 1.165) is 40.0 Å². The van der Waals surface area contributed by atoms with E-state index in [4.69, 9.17) is 0 Å². The molecular formula is C21H24N4O3S. The summed E-state index contributed by atoms with van der Waals surface area (Å²) in [5, 5.41) is 3.24. The lowest BCUT2D eigenvalue weighted by Gasteiger charge is -2.14. The molecule has 2 heterocycles. The number of carbonyl (C=O) groups is 1. The number of carbonyl (C=O) groups excluding carboxylic acids is 1. The number of benzene rings is 1. The van der Waals surface area contributed by atoms with Crippen LogP contribution in [0.4, 0.5) is 5.69 Å². The number of rotatable bonds is 7. The number of aromatic nitrogens is 3. The SMILES string of the molecule is CCCCc1cnc2c(c1SCC(=O)Nc1ccccc1)c(=O)n(C)c(=O)n2C. The number of hydrogen-bond donors (Lipinski definition) is 1. The number of nitrogens with zero attached hydrogens (tertiary/aromatic N) is 3. The molecule has 1 aromatic carbocycles. The van der Waals surface area contributed by atoms with Gasteiger partial charge in [0.25, 0.3) is 5.56 Å². The number of nitrogens with one attached hydrogen (secondary N) is 1. The summed E-state index contributed by atoms with van der Waals surface area (Å²) in [6.45, 7) is 2.09. The summed E-state index contributed by atoms with van der Waals surface area (Å²) >= 11 is 1.31. The fourth-order valence-electron chi connectivity index (χ4n) is 3.11. The van der Waals surface area contributed by atoms with Gasteiger partial charge in [0.05, 0.1) is 11.1 Å². The first-order chi connectivity index (χ1) is 13.9. The molecule has 3 rings (SSSR count). The lowest BCUT2D eigenvalue weighted by atomic mass is 10.1. The first kappa shape index (κ1) is 20.9. The molecule has 0 fully saturated rings. The summed E-state index contributed by atoms with van der Waals surface area (Å²) < 4.78 is 2.45. The highest BCUT2D eigenvalue weighted by Gasteiger charge is 2.18. The van der Waals surface area contributed by atoms with Crippen molar-refractivity contribution >= 4 is 34.4 Å². The molecule has 152 valence electrons. The first-order valence-corrected chi connectivity index (χ1v) is 10.5. The van der Waals surface area contributed by atoms with E-state index >= 15 is 0 Å². The third-order valence-electron chi connectivity index (χ3n) is 4.70. The van der Waals surface area contributed by atoms with Crippen molar-refractivity contribution in [3.05, 3.63) is 62.9 Å². The molecule has 0 aliphatic rings. The van der Waals surface area contributed by atoms with Crippen LogP contribution in [0.2, 0.25) is 0 Å². The maximum Gasteiger partial charge on any atom is 0.332 e. The van der Waals surface area contributed by atoms with Crippen molar-refractivity contribution in [3.63, 3.8) is 0 Å². The fourth-order valence-corrected chi connectivity index (χ4v) is 4.12. The second kappa shape index (κ2) is 9.09. The molecule has 29 heavy (non-hydrogen) atoms. The minimum Gasteiger partial charge on any atom is -0.325 e. The Balaban J connectivity index is 2.00. The third-order valence-corrected chi connectivity index (χ3v) is 5.86. The van der Waals surface area contributed by atoms with Crippen molar-refractivity contribution in [2.45, 2.75) is 31.1 Å². The van der Waals surface area contributed by atoms with Crippen molar-refractivity contribution in [1.82, 2.24) is 14.1 Å². The number of unbranched alkanes of at least 4 members (excludes halogenated alkanes) is 1. The van der Waals surface area contributed by atoms with Crippen LogP contribution >= 0.6 is 11.8 Å². The Labute approximate surface area is 172 Å². The van der Waals surface area contributed by atoms with Crippen LogP contribution < -0.4 is 16.6 Å². The molecule has 0 bridgehead atoms.